The Kier molecular flexibility index (Phi) is 8.48. The molecule has 1 atom stereocenters. The van der Waals surface area contributed by atoms with E-state index in [2.05, 4.69) is 20.8 Å². The van der Waals surface area contributed by atoms with Crippen molar-refractivity contribution in [2.45, 2.75) is 26.2 Å². The molecule has 0 spiro atoms. The highest BCUT2D eigenvalue weighted by atomic mass is 32.1. The van der Waals surface area contributed by atoms with Crippen LogP contribution in [0.1, 0.15) is 45.8 Å². The van der Waals surface area contributed by atoms with Crippen molar-refractivity contribution in [2.75, 3.05) is 38.2 Å². The predicted molar refractivity (Wildman–Crippen MR) is 117 cm³/mol. The Bertz CT molecular complexity index is 889. The smallest absolute Gasteiger partial charge is 0.286 e. The van der Waals surface area contributed by atoms with Gasteiger partial charge in [-0.15, -0.1) is 10.2 Å². The number of anilines is 1. The van der Waals surface area contributed by atoms with Gasteiger partial charge in [-0.1, -0.05) is 29.5 Å². The van der Waals surface area contributed by atoms with Gasteiger partial charge in [0.1, 0.15) is 0 Å². The molecule has 0 radical (unpaired) electrons. The molecule has 2 aromatic rings. The van der Waals surface area contributed by atoms with Gasteiger partial charge in [-0.2, -0.15) is 0 Å². The topological polar surface area (TPSA) is 114 Å². The maximum atomic E-state index is 12.8. The van der Waals surface area contributed by atoms with Crippen molar-refractivity contribution < 1.29 is 19.1 Å². The second kappa shape index (κ2) is 11.5. The second-order valence-electron chi connectivity index (χ2n) is 7.16. The van der Waals surface area contributed by atoms with Gasteiger partial charge in [0.05, 0.1) is 5.92 Å². The molecule has 31 heavy (non-hydrogen) atoms. The molecule has 9 nitrogen and oxygen atoms in total. The minimum absolute atomic E-state index is 0.0470. The fourth-order valence-corrected chi connectivity index (χ4v) is 4.00. The molecule has 10 heteroatoms. The van der Waals surface area contributed by atoms with Crippen molar-refractivity contribution in [3.05, 3.63) is 40.3 Å². The molecule has 166 valence electrons. The van der Waals surface area contributed by atoms with Crippen LogP contribution in [0.15, 0.2) is 30.3 Å². The van der Waals surface area contributed by atoms with Crippen LogP contribution in [0.3, 0.4) is 0 Å². The number of carbonyl (C=O) groups is 3. The van der Waals surface area contributed by atoms with E-state index in [1.165, 1.54) is 0 Å². The SMILES string of the molecule is CCOCCCNC(=O)[C@H]1CCCN(C(=O)c2nnc(C(=O)Nc3ccccc3)s2)C1. The molecule has 2 heterocycles. The van der Waals surface area contributed by atoms with Crippen LogP contribution >= 0.6 is 11.3 Å². The van der Waals surface area contributed by atoms with Crippen LogP contribution in [-0.2, 0) is 9.53 Å². The third-order valence-corrected chi connectivity index (χ3v) is 5.79. The maximum Gasteiger partial charge on any atom is 0.286 e. The first-order chi connectivity index (χ1) is 15.1. The van der Waals surface area contributed by atoms with Crippen LogP contribution in [0.25, 0.3) is 0 Å². The largest absolute Gasteiger partial charge is 0.382 e. The van der Waals surface area contributed by atoms with E-state index in [-0.39, 0.29) is 27.7 Å². The Labute approximate surface area is 185 Å². The Balaban J connectivity index is 1.52. The summed E-state index contributed by atoms with van der Waals surface area (Å²) in [5.74, 6) is -1.01. The van der Waals surface area contributed by atoms with Crippen LogP contribution in [0.5, 0.6) is 0 Å². The number of ether oxygens (including phenoxy) is 1. The molecule has 3 rings (SSSR count). The fourth-order valence-electron chi connectivity index (χ4n) is 3.29. The number of hydrogen-bond acceptors (Lipinski definition) is 7. The number of benzene rings is 1. The average Bonchev–Trinajstić information content (AvgIpc) is 3.29. The number of para-hydroxylation sites is 1. The first-order valence-electron chi connectivity index (χ1n) is 10.4. The molecule has 0 unspecified atom stereocenters. The van der Waals surface area contributed by atoms with E-state index in [0.717, 1.165) is 30.6 Å². The van der Waals surface area contributed by atoms with E-state index < -0.39 is 5.91 Å². The Morgan fingerprint density at radius 1 is 1.19 bits per heavy atom. The third kappa shape index (κ3) is 6.56. The van der Waals surface area contributed by atoms with Crippen LogP contribution in [0, 0.1) is 5.92 Å². The highest BCUT2D eigenvalue weighted by Gasteiger charge is 2.30. The molecule has 3 amide bonds. The minimum atomic E-state index is -0.411. The molecular weight excluding hydrogens is 418 g/mol. The molecule has 0 aliphatic carbocycles. The molecular formula is C21H27N5O4S. The van der Waals surface area contributed by atoms with Crippen molar-refractivity contribution in [1.29, 1.82) is 0 Å². The summed E-state index contributed by atoms with van der Waals surface area (Å²) in [5, 5.41) is 13.7. The lowest BCUT2D eigenvalue weighted by molar-refractivity contribution is -0.126. The number of likely N-dealkylation sites (tertiary alicyclic amines) is 1. The lowest BCUT2D eigenvalue weighted by Crippen LogP contribution is -2.45. The lowest BCUT2D eigenvalue weighted by atomic mass is 9.97. The first-order valence-corrected chi connectivity index (χ1v) is 11.2. The number of piperidine rings is 1. The normalized spacial score (nSPS) is 16.0. The van der Waals surface area contributed by atoms with Crippen LogP contribution in [-0.4, -0.2) is 65.7 Å². The van der Waals surface area contributed by atoms with Crippen LogP contribution in [0.2, 0.25) is 0 Å². The summed E-state index contributed by atoms with van der Waals surface area (Å²) in [6, 6.07) is 9.01. The molecule has 1 aliphatic heterocycles. The van der Waals surface area contributed by atoms with Gasteiger partial charge in [0, 0.05) is 38.5 Å². The van der Waals surface area contributed by atoms with Gasteiger partial charge in [0.25, 0.3) is 11.8 Å². The third-order valence-electron chi connectivity index (χ3n) is 4.88. The summed E-state index contributed by atoms with van der Waals surface area (Å²) in [4.78, 5) is 39.2. The van der Waals surface area contributed by atoms with E-state index in [1.807, 2.05) is 25.1 Å². The summed E-state index contributed by atoms with van der Waals surface area (Å²) in [5.41, 5.74) is 0.640. The van der Waals surface area contributed by atoms with E-state index in [1.54, 1.807) is 17.0 Å². The van der Waals surface area contributed by atoms with Crippen LogP contribution in [0.4, 0.5) is 5.69 Å². The lowest BCUT2D eigenvalue weighted by Gasteiger charge is -2.31. The van der Waals surface area contributed by atoms with Crippen molar-refractivity contribution in [3.8, 4) is 0 Å². The van der Waals surface area contributed by atoms with E-state index in [0.29, 0.717) is 38.5 Å². The van der Waals surface area contributed by atoms with Gasteiger partial charge in [-0.3, -0.25) is 14.4 Å². The first kappa shape index (κ1) is 22.8. The van der Waals surface area contributed by atoms with E-state index in [4.69, 9.17) is 4.74 Å². The molecule has 2 N–H and O–H groups in total. The molecule has 1 aliphatic rings. The summed E-state index contributed by atoms with van der Waals surface area (Å²) in [6.07, 6.45) is 2.23. The number of nitrogens with zero attached hydrogens (tertiary/aromatic N) is 3. The number of rotatable bonds is 9. The zero-order valence-electron chi connectivity index (χ0n) is 17.5. The Morgan fingerprint density at radius 2 is 1.97 bits per heavy atom. The van der Waals surface area contributed by atoms with Gasteiger partial charge < -0.3 is 20.3 Å². The summed E-state index contributed by atoms with van der Waals surface area (Å²) < 4.78 is 5.27. The van der Waals surface area contributed by atoms with Gasteiger partial charge in [-0.25, -0.2) is 0 Å². The molecule has 1 saturated heterocycles. The molecule has 0 bridgehead atoms. The maximum absolute atomic E-state index is 12.8. The van der Waals surface area contributed by atoms with Crippen molar-refractivity contribution in [1.82, 2.24) is 20.4 Å². The number of carbonyl (C=O) groups excluding carboxylic acids is 3. The van der Waals surface area contributed by atoms with Crippen molar-refractivity contribution in [2.24, 2.45) is 5.92 Å². The van der Waals surface area contributed by atoms with Crippen molar-refractivity contribution >= 4 is 34.7 Å². The summed E-state index contributed by atoms with van der Waals surface area (Å²) in [6.45, 7) is 4.65. The Morgan fingerprint density at radius 3 is 2.74 bits per heavy atom. The predicted octanol–water partition coefficient (Wildman–Crippen LogP) is 2.19. The Hall–Kier alpha value is -2.85. The quantitative estimate of drug-likeness (QED) is 0.572. The van der Waals surface area contributed by atoms with E-state index in [9.17, 15) is 14.4 Å². The molecule has 1 fully saturated rings. The second-order valence-corrected chi connectivity index (χ2v) is 8.14. The molecule has 0 saturated carbocycles. The van der Waals surface area contributed by atoms with Crippen molar-refractivity contribution in [3.63, 3.8) is 0 Å². The standard InChI is InChI=1S/C21H27N5O4S/c1-2-30-13-7-11-22-17(27)15-8-6-12-26(14-15)21(29)20-25-24-19(31-20)18(28)23-16-9-4-3-5-10-16/h3-5,9-10,15H,2,6-8,11-14H2,1H3,(H,22,27)(H,23,28)/t15-/m0/s1. The number of hydrogen-bond donors (Lipinski definition) is 2. The zero-order valence-corrected chi connectivity index (χ0v) is 18.3. The minimum Gasteiger partial charge on any atom is -0.382 e. The van der Waals surface area contributed by atoms with Gasteiger partial charge in [0.2, 0.25) is 15.9 Å². The summed E-state index contributed by atoms with van der Waals surface area (Å²) in [7, 11) is 0. The monoisotopic (exact) mass is 445 g/mol. The van der Waals surface area contributed by atoms with Crippen LogP contribution < -0.4 is 10.6 Å². The van der Waals surface area contributed by atoms with E-state index >= 15 is 0 Å². The number of nitrogens with one attached hydrogen (secondary N) is 2. The fraction of sp³-hybridized carbons (Fsp3) is 0.476. The highest BCUT2D eigenvalue weighted by Crippen LogP contribution is 2.21. The van der Waals surface area contributed by atoms with Gasteiger partial charge in [-0.05, 0) is 38.3 Å². The summed E-state index contributed by atoms with van der Waals surface area (Å²) >= 11 is 0.953. The number of aromatic nitrogens is 2. The zero-order chi connectivity index (χ0) is 22.1. The molecule has 1 aromatic carbocycles. The average molecular weight is 446 g/mol. The van der Waals surface area contributed by atoms with Gasteiger partial charge in [0.15, 0.2) is 0 Å². The number of amides is 3. The highest BCUT2D eigenvalue weighted by molar-refractivity contribution is 7.15. The van der Waals surface area contributed by atoms with Gasteiger partial charge >= 0.3 is 0 Å². The molecule has 1 aromatic heterocycles.